The molecule has 0 unspecified atom stereocenters. The van der Waals surface area contributed by atoms with E-state index in [2.05, 4.69) is 34.2 Å². The average molecular weight is 264 g/mol. The molecule has 0 radical (unpaired) electrons. The zero-order chi connectivity index (χ0) is 13.7. The van der Waals surface area contributed by atoms with Gasteiger partial charge in [-0.3, -0.25) is 0 Å². The van der Waals surface area contributed by atoms with E-state index >= 15 is 0 Å². The summed E-state index contributed by atoms with van der Waals surface area (Å²) in [6.07, 6.45) is 5.17. The highest BCUT2D eigenvalue weighted by Crippen LogP contribution is 2.26. The minimum atomic E-state index is 0.449. The van der Waals surface area contributed by atoms with Crippen molar-refractivity contribution < 1.29 is 4.74 Å². The Morgan fingerprint density at radius 3 is 2.74 bits per heavy atom. The summed E-state index contributed by atoms with van der Waals surface area (Å²) in [5, 5.41) is 3.26. The molecule has 5 nitrogen and oxygen atoms in total. The van der Waals surface area contributed by atoms with Crippen molar-refractivity contribution in [2.24, 2.45) is 0 Å². The number of aromatic nitrogens is 2. The normalized spacial score (nSPS) is 15.7. The summed E-state index contributed by atoms with van der Waals surface area (Å²) >= 11 is 0. The molecule has 0 bridgehead atoms. The lowest BCUT2D eigenvalue weighted by atomic mass is 10.2. The maximum Gasteiger partial charge on any atom is 0.158 e. The maximum atomic E-state index is 5.15. The standard InChI is InChI=1S/C14H24N4O/c1-4-15-12-9-14(17-13(16-12)10-19-3)18(2)11-7-5-6-8-11/h9,11H,4-8,10H2,1-3H3,(H,15,16,17). The van der Waals surface area contributed by atoms with Gasteiger partial charge >= 0.3 is 0 Å². The summed E-state index contributed by atoms with van der Waals surface area (Å²) in [4.78, 5) is 11.3. The third-order valence-corrected chi connectivity index (χ3v) is 3.62. The average Bonchev–Trinajstić information content (AvgIpc) is 2.92. The number of hydrogen-bond acceptors (Lipinski definition) is 5. The fourth-order valence-corrected chi connectivity index (χ4v) is 2.61. The smallest absolute Gasteiger partial charge is 0.158 e. The third-order valence-electron chi connectivity index (χ3n) is 3.62. The van der Waals surface area contributed by atoms with Gasteiger partial charge in [0.05, 0.1) is 0 Å². The van der Waals surface area contributed by atoms with Gasteiger partial charge in [0.2, 0.25) is 0 Å². The van der Waals surface area contributed by atoms with Crippen LogP contribution in [0.4, 0.5) is 11.6 Å². The zero-order valence-electron chi connectivity index (χ0n) is 12.1. The lowest BCUT2D eigenvalue weighted by molar-refractivity contribution is 0.178. The van der Waals surface area contributed by atoms with Gasteiger partial charge in [-0.1, -0.05) is 12.8 Å². The molecule has 5 heteroatoms. The first-order valence-corrected chi connectivity index (χ1v) is 7.08. The topological polar surface area (TPSA) is 50.3 Å². The van der Waals surface area contributed by atoms with Crippen molar-refractivity contribution in [1.29, 1.82) is 0 Å². The second-order valence-electron chi connectivity index (χ2n) is 5.04. The SMILES string of the molecule is CCNc1cc(N(C)C2CCCC2)nc(COC)n1. The summed E-state index contributed by atoms with van der Waals surface area (Å²) in [5.74, 6) is 2.61. The van der Waals surface area contributed by atoms with Crippen LogP contribution >= 0.6 is 0 Å². The molecular weight excluding hydrogens is 240 g/mol. The second kappa shape index (κ2) is 6.70. The lowest BCUT2D eigenvalue weighted by Gasteiger charge is -2.26. The molecule has 1 saturated carbocycles. The predicted molar refractivity (Wildman–Crippen MR) is 77.6 cm³/mol. The molecule has 1 heterocycles. The largest absolute Gasteiger partial charge is 0.377 e. The minimum Gasteiger partial charge on any atom is -0.377 e. The van der Waals surface area contributed by atoms with Gasteiger partial charge in [0.15, 0.2) is 5.82 Å². The molecular formula is C14H24N4O. The molecule has 0 aromatic carbocycles. The molecule has 1 aromatic rings. The van der Waals surface area contributed by atoms with Crippen molar-refractivity contribution >= 4 is 11.6 Å². The Morgan fingerprint density at radius 2 is 2.11 bits per heavy atom. The van der Waals surface area contributed by atoms with Crippen LogP contribution in [0.1, 0.15) is 38.4 Å². The Morgan fingerprint density at radius 1 is 1.37 bits per heavy atom. The van der Waals surface area contributed by atoms with Crippen LogP contribution < -0.4 is 10.2 Å². The van der Waals surface area contributed by atoms with E-state index in [1.807, 2.05) is 6.07 Å². The highest BCUT2D eigenvalue weighted by molar-refractivity contribution is 5.49. The van der Waals surface area contributed by atoms with Crippen LogP contribution in [-0.2, 0) is 11.3 Å². The van der Waals surface area contributed by atoms with E-state index in [1.54, 1.807) is 7.11 Å². The van der Waals surface area contributed by atoms with E-state index in [0.717, 1.165) is 24.0 Å². The van der Waals surface area contributed by atoms with E-state index in [1.165, 1.54) is 25.7 Å². The first-order chi connectivity index (χ1) is 9.24. The Labute approximate surface area is 115 Å². The van der Waals surface area contributed by atoms with Gasteiger partial charge in [0.1, 0.15) is 18.2 Å². The van der Waals surface area contributed by atoms with Crippen molar-refractivity contribution in [2.75, 3.05) is 30.9 Å². The van der Waals surface area contributed by atoms with Crippen molar-refractivity contribution in [3.8, 4) is 0 Å². The molecule has 1 aliphatic carbocycles. The molecule has 0 saturated heterocycles. The molecule has 1 aliphatic rings. The zero-order valence-corrected chi connectivity index (χ0v) is 12.1. The molecule has 1 aromatic heterocycles. The molecule has 0 aliphatic heterocycles. The molecule has 1 N–H and O–H groups in total. The van der Waals surface area contributed by atoms with E-state index in [9.17, 15) is 0 Å². The van der Waals surface area contributed by atoms with Gasteiger partial charge in [-0.2, -0.15) is 0 Å². The number of ether oxygens (including phenoxy) is 1. The van der Waals surface area contributed by atoms with Crippen LogP contribution in [-0.4, -0.2) is 36.7 Å². The fraction of sp³-hybridized carbons (Fsp3) is 0.714. The van der Waals surface area contributed by atoms with Gasteiger partial charge < -0.3 is 15.0 Å². The quantitative estimate of drug-likeness (QED) is 0.855. The Bertz CT molecular complexity index is 380. The second-order valence-corrected chi connectivity index (χ2v) is 5.04. The first-order valence-electron chi connectivity index (χ1n) is 7.08. The van der Waals surface area contributed by atoms with Crippen LogP contribution in [0.3, 0.4) is 0 Å². The fourth-order valence-electron chi connectivity index (χ4n) is 2.61. The van der Waals surface area contributed by atoms with Crippen LogP contribution in [0.25, 0.3) is 0 Å². The Hall–Kier alpha value is -1.36. The van der Waals surface area contributed by atoms with E-state index in [0.29, 0.717) is 12.6 Å². The van der Waals surface area contributed by atoms with Crippen LogP contribution in [0.2, 0.25) is 0 Å². The van der Waals surface area contributed by atoms with E-state index in [4.69, 9.17) is 4.74 Å². The summed E-state index contributed by atoms with van der Waals surface area (Å²) < 4.78 is 5.15. The van der Waals surface area contributed by atoms with E-state index in [-0.39, 0.29) is 0 Å². The molecule has 0 spiro atoms. The molecule has 1 fully saturated rings. The van der Waals surface area contributed by atoms with Crippen molar-refractivity contribution in [1.82, 2.24) is 9.97 Å². The Balaban J connectivity index is 2.21. The summed E-state index contributed by atoms with van der Waals surface area (Å²) in [6.45, 7) is 3.37. The molecule has 19 heavy (non-hydrogen) atoms. The maximum absolute atomic E-state index is 5.15. The van der Waals surface area contributed by atoms with Gasteiger partial charge in [-0.15, -0.1) is 0 Å². The molecule has 106 valence electrons. The van der Waals surface area contributed by atoms with Crippen LogP contribution in [0.15, 0.2) is 6.07 Å². The number of nitrogens with one attached hydrogen (secondary N) is 1. The molecule has 0 amide bonds. The summed E-state index contributed by atoms with van der Waals surface area (Å²) in [7, 11) is 3.80. The van der Waals surface area contributed by atoms with E-state index < -0.39 is 0 Å². The van der Waals surface area contributed by atoms with Gasteiger partial charge in [-0.25, -0.2) is 9.97 Å². The number of hydrogen-bond donors (Lipinski definition) is 1. The number of nitrogens with zero attached hydrogens (tertiary/aromatic N) is 3. The van der Waals surface area contributed by atoms with Gasteiger partial charge in [0.25, 0.3) is 0 Å². The predicted octanol–water partition coefficient (Wildman–Crippen LogP) is 2.43. The summed E-state index contributed by atoms with van der Waals surface area (Å²) in [6, 6.07) is 2.64. The van der Waals surface area contributed by atoms with Crippen molar-refractivity contribution in [3.05, 3.63) is 11.9 Å². The van der Waals surface area contributed by atoms with Gasteiger partial charge in [-0.05, 0) is 19.8 Å². The van der Waals surface area contributed by atoms with Crippen LogP contribution in [0, 0.1) is 0 Å². The number of rotatable bonds is 6. The van der Waals surface area contributed by atoms with Crippen LogP contribution in [0.5, 0.6) is 0 Å². The minimum absolute atomic E-state index is 0.449. The number of anilines is 2. The van der Waals surface area contributed by atoms with Crippen molar-refractivity contribution in [3.63, 3.8) is 0 Å². The molecule has 2 rings (SSSR count). The highest BCUT2D eigenvalue weighted by Gasteiger charge is 2.21. The van der Waals surface area contributed by atoms with Gasteiger partial charge in [0, 0.05) is 32.8 Å². The highest BCUT2D eigenvalue weighted by atomic mass is 16.5. The number of methoxy groups -OCH3 is 1. The summed E-state index contributed by atoms with van der Waals surface area (Å²) in [5.41, 5.74) is 0. The monoisotopic (exact) mass is 264 g/mol. The lowest BCUT2D eigenvalue weighted by Crippen LogP contribution is -2.30. The first kappa shape index (κ1) is 14.1. The van der Waals surface area contributed by atoms with Crippen molar-refractivity contribution in [2.45, 2.75) is 45.3 Å². The molecule has 0 atom stereocenters. The third kappa shape index (κ3) is 3.56. The Kier molecular flexibility index (Phi) is 4.96.